The average molecular weight is 106 g/mol. The zero-order chi connectivity index (χ0) is 5.40. The van der Waals surface area contributed by atoms with Crippen molar-refractivity contribution in [3.63, 3.8) is 0 Å². The van der Waals surface area contributed by atoms with E-state index in [4.69, 9.17) is 0 Å². The summed E-state index contributed by atoms with van der Waals surface area (Å²) >= 11 is 0. The lowest BCUT2D eigenvalue weighted by Gasteiger charge is -1.78. The molecule has 1 N–H and O–H groups in total. The van der Waals surface area contributed by atoms with Crippen LogP contribution in [0.25, 0.3) is 6.08 Å². The minimum Gasteiger partial charge on any atom is -0.278 e. The summed E-state index contributed by atoms with van der Waals surface area (Å²) in [5, 5.41) is 6.75. The van der Waals surface area contributed by atoms with E-state index in [9.17, 15) is 0 Å². The monoisotopic (exact) mass is 106 g/mol. The molecule has 0 amide bonds. The molecule has 0 fully saturated rings. The van der Waals surface area contributed by atoms with Gasteiger partial charge >= 0.3 is 0 Å². The van der Waals surface area contributed by atoms with E-state index in [2.05, 4.69) is 22.3 Å². The van der Waals surface area contributed by atoms with E-state index >= 15 is 0 Å². The zero-order valence-corrected chi connectivity index (χ0v) is 4.39. The molecule has 0 bridgehead atoms. The Morgan fingerprint density at radius 3 is 3.50 bits per heavy atom. The van der Waals surface area contributed by atoms with Crippen LogP contribution in [-0.2, 0) is 6.42 Å². The van der Waals surface area contributed by atoms with E-state index in [-0.39, 0.29) is 0 Å². The summed E-state index contributed by atoms with van der Waals surface area (Å²) in [6.07, 6.45) is 7.10. The molecular formula is C6H6N2. The van der Waals surface area contributed by atoms with E-state index in [0.717, 1.165) is 6.42 Å². The standard InChI is InChI=1S/C6H6N2/c1-2-5-4-7-8-6(5)3-1/h1,3-4H,2H2,(H,7,8). The minimum absolute atomic E-state index is 1.05. The first-order valence-electron chi connectivity index (χ1n) is 2.65. The number of allylic oxidation sites excluding steroid dienone is 1. The number of hydrogen-bond donors (Lipinski definition) is 1. The summed E-state index contributed by atoms with van der Waals surface area (Å²) in [5.74, 6) is 0. The molecule has 8 heavy (non-hydrogen) atoms. The molecule has 2 heteroatoms. The summed E-state index contributed by atoms with van der Waals surface area (Å²) in [6, 6.07) is 0. The lowest BCUT2D eigenvalue weighted by Crippen LogP contribution is -1.70. The molecule has 0 aromatic carbocycles. The van der Waals surface area contributed by atoms with Crippen molar-refractivity contribution in [2.24, 2.45) is 0 Å². The second-order valence-corrected chi connectivity index (χ2v) is 1.92. The highest BCUT2D eigenvalue weighted by molar-refractivity contribution is 5.54. The molecule has 0 radical (unpaired) electrons. The van der Waals surface area contributed by atoms with Crippen molar-refractivity contribution in [2.45, 2.75) is 6.42 Å². The molecule has 0 spiro atoms. The Balaban J connectivity index is 2.67. The number of fused-ring (bicyclic) bond motifs is 1. The maximum absolute atomic E-state index is 3.87. The highest BCUT2D eigenvalue weighted by Crippen LogP contribution is 2.14. The van der Waals surface area contributed by atoms with E-state index in [1.54, 1.807) is 0 Å². The van der Waals surface area contributed by atoms with Gasteiger partial charge in [-0.05, 0) is 12.5 Å². The average Bonchev–Trinajstić information content (AvgIpc) is 2.15. The number of rotatable bonds is 0. The molecule has 0 saturated heterocycles. The van der Waals surface area contributed by atoms with Crippen molar-refractivity contribution >= 4 is 6.08 Å². The number of H-pyrrole nitrogens is 1. The van der Waals surface area contributed by atoms with Gasteiger partial charge in [0.05, 0.1) is 11.9 Å². The molecule has 0 unspecified atom stereocenters. The van der Waals surface area contributed by atoms with Gasteiger partial charge < -0.3 is 0 Å². The van der Waals surface area contributed by atoms with Crippen LogP contribution in [0.2, 0.25) is 0 Å². The quantitative estimate of drug-likeness (QED) is 0.524. The molecule has 1 aliphatic carbocycles. The minimum atomic E-state index is 1.05. The SMILES string of the molecule is C1=Cc2[nH]ncc2C1. The largest absolute Gasteiger partial charge is 0.278 e. The van der Waals surface area contributed by atoms with Crippen LogP contribution in [0.4, 0.5) is 0 Å². The van der Waals surface area contributed by atoms with Gasteiger partial charge in [0.1, 0.15) is 0 Å². The van der Waals surface area contributed by atoms with Crippen molar-refractivity contribution < 1.29 is 0 Å². The number of aromatic amines is 1. The van der Waals surface area contributed by atoms with Gasteiger partial charge in [-0.2, -0.15) is 5.10 Å². The molecule has 1 aliphatic rings. The summed E-state index contributed by atoms with van der Waals surface area (Å²) in [5.41, 5.74) is 2.48. The van der Waals surface area contributed by atoms with Crippen LogP contribution >= 0.6 is 0 Å². The third-order valence-electron chi connectivity index (χ3n) is 1.37. The van der Waals surface area contributed by atoms with Gasteiger partial charge in [-0.1, -0.05) is 6.08 Å². The van der Waals surface area contributed by atoms with Crippen LogP contribution in [0, 0.1) is 0 Å². The fourth-order valence-corrected chi connectivity index (χ4v) is 0.932. The molecule has 0 aliphatic heterocycles. The van der Waals surface area contributed by atoms with Crippen LogP contribution in [0.15, 0.2) is 12.3 Å². The molecule has 40 valence electrons. The van der Waals surface area contributed by atoms with Crippen molar-refractivity contribution in [1.82, 2.24) is 10.2 Å². The normalized spacial score (nSPS) is 14.5. The Bertz CT molecular complexity index is 222. The second kappa shape index (κ2) is 1.22. The van der Waals surface area contributed by atoms with Gasteiger partial charge in [0.25, 0.3) is 0 Å². The first kappa shape index (κ1) is 3.89. The number of nitrogens with one attached hydrogen (secondary N) is 1. The summed E-state index contributed by atoms with van der Waals surface area (Å²) < 4.78 is 0. The summed E-state index contributed by atoms with van der Waals surface area (Å²) in [6.45, 7) is 0. The summed E-state index contributed by atoms with van der Waals surface area (Å²) in [7, 11) is 0. The van der Waals surface area contributed by atoms with Crippen LogP contribution < -0.4 is 0 Å². The Morgan fingerprint density at radius 2 is 2.62 bits per heavy atom. The van der Waals surface area contributed by atoms with Gasteiger partial charge in [-0.25, -0.2) is 0 Å². The fourth-order valence-electron chi connectivity index (χ4n) is 0.932. The van der Waals surface area contributed by atoms with Crippen LogP contribution in [-0.4, -0.2) is 10.2 Å². The van der Waals surface area contributed by atoms with E-state index in [1.165, 1.54) is 11.3 Å². The predicted octanol–water partition coefficient (Wildman–Crippen LogP) is 0.979. The zero-order valence-electron chi connectivity index (χ0n) is 4.39. The van der Waals surface area contributed by atoms with Crippen molar-refractivity contribution in [3.05, 3.63) is 23.5 Å². The van der Waals surface area contributed by atoms with Crippen molar-refractivity contribution in [3.8, 4) is 0 Å². The van der Waals surface area contributed by atoms with Crippen LogP contribution in [0.1, 0.15) is 11.3 Å². The van der Waals surface area contributed by atoms with Gasteiger partial charge in [-0.15, -0.1) is 0 Å². The van der Waals surface area contributed by atoms with Gasteiger partial charge in [0, 0.05) is 5.56 Å². The topological polar surface area (TPSA) is 28.7 Å². The number of hydrogen-bond acceptors (Lipinski definition) is 1. The Hall–Kier alpha value is -1.05. The third kappa shape index (κ3) is 0.346. The Morgan fingerprint density at radius 1 is 1.62 bits per heavy atom. The maximum atomic E-state index is 3.87. The third-order valence-corrected chi connectivity index (χ3v) is 1.37. The molecule has 2 nitrogen and oxygen atoms in total. The first-order chi connectivity index (χ1) is 3.97. The Kier molecular flexibility index (Phi) is 0.592. The van der Waals surface area contributed by atoms with Crippen molar-refractivity contribution in [1.29, 1.82) is 0 Å². The van der Waals surface area contributed by atoms with E-state index in [1.807, 2.05) is 6.20 Å². The molecule has 0 saturated carbocycles. The maximum Gasteiger partial charge on any atom is 0.0609 e. The second-order valence-electron chi connectivity index (χ2n) is 1.92. The van der Waals surface area contributed by atoms with Crippen LogP contribution in [0.5, 0.6) is 0 Å². The fraction of sp³-hybridized carbons (Fsp3) is 0.167. The van der Waals surface area contributed by atoms with Crippen LogP contribution in [0.3, 0.4) is 0 Å². The number of nitrogens with zero attached hydrogens (tertiary/aromatic N) is 1. The predicted molar refractivity (Wildman–Crippen MR) is 31.3 cm³/mol. The van der Waals surface area contributed by atoms with E-state index in [0.29, 0.717) is 0 Å². The highest BCUT2D eigenvalue weighted by Gasteiger charge is 2.03. The summed E-state index contributed by atoms with van der Waals surface area (Å²) in [4.78, 5) is 0. The smallest absolute Gasteiger partial charge is 0.0609 e. The highest BCUT2D eigenvalue weighted by atomic mass is 15.1. The van der Waals surface area contributed by atoms with Crippen molar-refractivity contribution in [2.75, 3.05) is 0 Å². The molecule has 2 rings (SSSR count). The lowest BCUT2D eigenvalue weighted by molar-refractivity contribution is 1.08. The molecular weight excluding hydrogens is 100 g/mol. The molecule has 1 aromatic rings. The van der Waals surface area contributed by atoms with Gasteiger partial charge in [-0.3, -0.25) is 5.10 Å². The molecule has 1 heterocycles. The Labute approximate surface area is 47.2 Å². The van der Waals surface area contributed by atoms with Gasteiger partial charge in [0.15, 0.2) is 0 Å². The van der Waals surface area contributed by atoms with E-state index < -0.39 is 0 Å². The lowest BCUT2D eigenvalue weighted by atomic mass is 10.3. The molecule has 0 atom stereocenters. The molecule has 1 aromatic heterocycles. The number of aromatic nitrogens is 2. The first-order valence-corrected chi connectivity index (χ1v) is 2.65. The van der Waals surface area contributed by atoms with Gasteiger partial charge in [0.2, 0.25) is 0 Å².